The lowest BCUT2D eigenvalue weighted by Crippen LogP contribution is -2.09. The van der Waals surface area contributed by atoms with E-state index in [4.69, 9.17) is 0 Å². The van der Waals surface area contributed by atoms with Crippen LogP contribution in [0.25, 0.3) is 16.7 Å². The Kier molecular flexibility index (Phi) is 4.80. The van der Waals surface area contributed by atoms with Gasteiger partial charge in [0.2, 0.25) is 0 Å². The van der Waals surface area contributed by atoms with Crippen LogP contribution in [0.5, 0.6) is 0 Å². The third kappa shape index (κ3) is 3.64. The lowest BCUT2D eigenvalue weighted by Gasteiger charge is -2.10. The van der Waals surface area contributed by atoms with E-state index >= 15 is 0 Å². The van der Waals surface area contributed by atoms with Crippen LogP contribution in [0.1, 0.15) is 11.4 Å². The number of para-hydroxylation sites is 2. The first-order valence-electron chi connectivity index (χ1n) is 9.33. The van der Waals surface area contributed by atoms with Crippen LogP contribution in [0.3, 0.4) is 0 Å². The van der Waals surface area contributed by atoms with E-state index < -0.39 is 0 Å². The first kappa shape index (κ1) is 17.6. The molecule has 0 atom stereocenters. The molecule has 0 bridgehead atoms. The van der Waals surface area contributed by atoms with Crippen molar-refractivity contribution in [2.24, 2.45) is 0 Å². The molecule has 6 nitrogen and oxygen atoms in total. The SMILES string of the molecule is c1ccc(CSc2nnc(Cn3nnc4ccccc43)n2-c2ccccc2)cc1. The van der Waals surface area contributed by atoms with E-state index in [1.165, 1.54) is 5.56 Å². The molecule has 0 saturated carbocycles. The molecule has 142 valence electrons. The molecule has 0 aliphatic rings. The number of nitrogens with zero attached hydrogens (tertiary/aromatic N) is 6. The Morgan fingerprint density at radius 1 is 0.724 bits per heavy atom. The zero-order valence-corrected chi connectivity index (χ0v) is 16.4. The average Bonchev–Trinajstić information content (AvgIpc) is 3.38. The van der Waals surface area contributed by atoms with Crippen LogP contribution in [-0.2, 0) is 12.3 Å². The molecule has 5 rings (SSSR count). The molecule has 2 aromatic heterocycles. The van der Waals surface area contributed by atoms with Crippen molar-refractivity contribution < 1.29 is 0 Å². The Hall–Kier alpha value is -3.45. The Morgan fingerprint density at radius 2 is 1.45 bits per heavy atom. The van der Waals surface area contributed by atoms with Crippen molar-refractivity contribution in [1.82, 2.24) is 29.8 Å². The highest BCUT2D eigenvalue weighted by atomic mass is 32.2. The molecule has 29 heavy (non-hydrogen) atoms. The maximum Gasteiger partial charge on any atom is 0.196 e. The fourth-order valence-electron chi connectivity index (χ4n) is 3.22. The van der Waals surface area contributed by atoms with Crippen molar-refractivity contribution in [1.29, 1.82) is 0 Å². The summed E-state index contributed by atoms with van der Waals surface area (Å²) in [7, 11) is 0. The van der Waals surface area contributed by atoms with Gasteiger partial charge in [0, 0.05) is 11.4 Å². The highest BCUT2D eigenvalue weighted by Gasteiger charge is 2.16. The molecule has 0 aliphatic carbocycles. The van der Waals surface area contributed by atoms with Gasteiger partial charge in [-0.1, -0.05) is 77.6 Å². The van der Waals surface area contributed by atoms with E-state index in [1.54, 1.807) is 11.8 Å². The second-order valence-corrected chi connectivity index (χ2v) is 7.52. The minimum absolute atomic E-state index is 0.494. The van der Waals surface area contributed by atoms with Crippen molar-refractivity contribution in [3.8, 4) is 5.69 Å². The standard InChI is InChI=1S/C22H18N6S/c1-3-9-17(10-4-1)16-29-22-25-24-21(28(22)18-11-5-2-6-12-18)15-27-20-14-8-7-13-19(20)23-26-27/h1-14H,15-16H2. The van der Waals surface area contributed by atoms with Gasteiger partial charge in [0.05, 0.1) is 5.52 Å². The highest BCUT2D eigenvalue weighted by Crippen LogP contribution is 2.26. The van der Waals surface area contributed by atoms with E-state index in [1.807, 2.05) is 53.2 Å². The van der Waals surface area contributed by atoms with Crippen LogP contribution >= 0.6 is 11.8 Å². The zero-order chi connectivity index (χ0) is 19.5. The quantitative estimate of drug-likeness (QED) is 0.398. The summed E-state index contributed by atoms with van der Waals surface area (Å²) in [6.07, 6.45) is 0. The molecule has 0 radical (unpaired) electrons. The molecule has 2 heterocycles. The molecular weight excluding hydrogens is 380 g/mol. The third-order valence-corrected chi connectivity index (χ3v) is 5.64. The molecule has 0 fully saturated rings. The van der Waals surface area contributed by atoms with Gasteiger partial charge in [-0.15, -0.1) is 15.3 Å². The lowest BCUT2D eigenvalue weighted by atomic mass is 10.2. The van der Waals surface area contributed by atoms with Crippen LogP contribution in [0, 0.1) is 0 Å². The van der Waals surface area contributed by atoms with Gasteiger partial charge in [-0.3, -0.25) is 4.57 Å². The molecule has 3 aromatic carbocycles. The molecule has 0 saturated heterocycles. The van der Waals surface area contributed by atoms with Crippen molar-refractivity contribution >= 4 is 22.8 Å². The summed E-state index contributed by atoms with van der Waals surface area (Å²) in [6.45, 7) is 0.494. The second-order valence-electron chi connectivity index (χ2n) is 6.58. The van der Waals surface area contributed by atoms with E-state index in [9.17, 15) is 0 Å². The first-order valence-corrected chi connectivity index (χ1v) is 10.3. The lowest BCUT2D eigenvalue weighted by molar-refractivity contribution is 0.630. The van der Waals surface area contributed by atoms with Gasteiger partial charge < -0.3 is 0 Å². The smallest absolute Gasteiger partial charge is 0.196 e. The molecule has 0 aliphatic heterocycles. The number of hydrogen-bond donors (Lipinski definition) is 0. The summed E-state index contributed by atoms with van der Waals surface area (Å²) in [5, 5.41) is 18.4. The highest BCUT2D eigenvalue weighted by molar-refractivity contribution is 7.98. The minimum atomic E-state index is 0.494. The van der Waals surface area contributed by atoms with E-state index in [-0.39, 0.29) is 0 Å². The van der Waals surface area contributed by atoms with Gasteiger partial charge in [-0.2, -0.15) is 0 Å². The van der Waals surface area contributed by atoms with E-state index in [0.717, 1.165) is 33.5 Å². The molecule has 0 amide bonds. The summed E-state index contributed by atoms with van der Waals surface area (Å²) >= 11 is 1.68. The van der Waals surface area contributed by atoms with Crippen molar-refractivity contribution in [2.45, 2.75) is 17.5 Å². The number of hydrogen-bond acceptors (Lipinski definition) is 5. The largest absolute Gasteiger partial charge is 0.272 e. The minimum Gasteiger partial charge on any atom is -0.272 e. The molecular formula is C22H18N6S. The summed E-state index contributed by atoms with van der Waals surface area (Å²) < 4.78 is 3.97. The van der Waals surface area contributed by atoms with Gasteiger partial charge in [-0.05, 0) is 29.8 Å². The third-order valence-electron chi connectivity index (χ3n) is 4.64. The van der Waals surface area contributed by atoms with Gasteiger partial charge in [-0.25, -0.2) is 4.68 Å². The van der Waals surface area contributed by atoms with Crippen molar-refractivity contribution in [3.05, 3.63) is 96.3 Å². The fourth-order valence-corrected chi connectivity index (χ4v) is 4.15. The van der Waals surface area contributed by atoms with Gasteiger partial charge >= 0.3 is 0 Å². The Labute approximate surface area is 172 Å². The molecule has 0 unspecified atom stereocenters. The maximum atomic E-state index is 4.49. The summed E-state index contributed by atoms with van der Waals surface area (Å²) in [4.78, 5) is 0. The van der Waals surface area contributed by atoms with Crippen LogP contribution in [0.4, 0.5) is 0 Å². The second kappa shape index (κ2) is 7.89. The Bertz CT molecular complexity index is 1230. The van der Waals surface area contributed by atoms with Crippen molar-refractivity contribution in [2.75, 3.05) is 0 Å². The number of thioether (sulfide) groups is 1. The molecule has 0 N–H and O–H groups in total. The van der Waals surface area contributed by atoms with E-state index in [2.05, 4.69) is 61.5 Å². The van der Waals surface area contributed by atoms with E-state index in [0.29, 0.717) is 6.54 Å². The number of aromatic nitrogens is 6. The topological polar surface area (TPSA) is 61.4 Å². The number of benzene rings is 3. The average molecular weight is 398 g/mol. The molecule has 5 aromatic rings. The van der Waals surface area contributed by atoms with Gasteiger partial charge in [0.15, 0.2) is 11.0 Å². The van der Waals surface area contributed by atoms with Gasteiger partial charge in [0.1, 0.15) is 12.1 Å². The van der Waals surface area contributed by atoms with Crippen LogP contribution in [0.15, 0.2) is 90.1 Å². The molecule has 0 spiro atoms. The van der Waals surface area contributed by atoms with Crippen LogP contribution < -0.4 is 0 Å². The summed E-state index contributed by atoms with van der Waals surface area (Å²) in [5.74, 6) is 1.65. The van der Waals surface area contributed by atoms with Crippen LogP contribution in [-0.4, -0.2) is 29.8 Å². The van der Waals surface area contributed by atoms with Crippen molar-refractivity contribution in [3.63, 3.8) is 0 Å². The Morgan fingerprint density at radius 3 is 2.28 bits per heavy atom. The van der Waals surface area contributed by atoms with Crippen LogP contribution in [0.2, 0.25) is 0 Å². The fraction of sp³-hybridized carbons (Fsp3) is 0.0909. The number of fused-ring (bicyclic) bond motifs is 1. The number of rotatable bonds is 6. The zero-order valence-electron chi connectivity index (χ0n) is 15.6. The predicted octanol–water partition coefficient (Wildman–Crippen LogP) is 4.35. The summed E-state index contributed by atoms with van der Waals surface area (Å²) in [5.41, 5.74) is 4.14. The maximum absolute atomic E-state index is 4.49. The molecule has 7 heteroatoms. The first-order chi connectivity index (χ1) is 14.4. The summed E-state index contributed by atoms with van der Waals surface area (Å²) in [6, 6.07) is 28.5. The normalized spacial score (nSPS) is 11.2. The predicted molar refractivity (Wildman–Crippen MR) is 114 cm³/mol. The monoisotopic (exact) mass is 398 g/mol. The van der Waals surface area contributed by atoms with Gasteiger partial charge in [0.25, 0.3) is 0 Å². The Balaban J connectivity index is 1.50.